The fraction of sp³-hybridized carbons (Fsp3) is 0.455. The summed E-state index contributed by atoms with van der Waals surface area (Å²) < 4.78 is 13.2. The third-order valence-electron chi connectivity index (χ3n) is 12.1. The van der Waals surface area contributed by atoms with Gasteiger partial charge in [0.15, 0.2) is 0 Å². The van der Waals surface area contributed by atoms with Crippen LogP contribution in [0.2, 0.25) is 0 Å². The third kappa shape index (κ3) is 6.86. The first-order valence-corrected chi connectivity index (χ1v) is 19.2. The van der Waals surface area contributed by atoms with Crippen LogP contribution in [0.3, 0.4) is 0 Å². The zero-order chi connectivity index (χ0) is 38.7. The molecule has 3 aromatic rings. The van der Waals surface area contributed by atoms with E-state index < -0.39 is 59.6 Å². The lowest BCUT2D eigenvalue weighted by molar-refractivity contribution is -0.165. The summed E-state index contributed by atoms with van der Waals surface area (Å²) in [5.41, 5.74) is 0.0377. The van der Waals surface area contributed by atoms with E-state index in [0.29, 0.717) is 36.9 Å². The number of nitrogens with zero attached hydrogens (tertiary/aromatic N) is 3. The molecule has 0 radical (unpaired) electrons. The maximum atomic E-state index is 15.2. The first-order chi connectivity index (χ1) is 26.0. The maximum absolute atomic E-state index is 15.2. The molecule has 9 atom stereocenters. The van der Waals surface area contributed by atoms with E-state index in [9.17, 15) is 19.5 Å². The number of ether oxygens (including phenoxy) is 2. The summed E-state index contributed by atoms with van der Waals surface area (Å²) in [7, 11) is 1.69. The van der Waals surface area contributed by atoms with Crippen molar-refractivity contribution >= 4 is 40.2 Å². The highest BCUT2D eigenvalue weighted by Crippen LogP contribution is 2.60. The molecule has 54 heavy (non-hydrogen) atoms. The van der Waals surface area contributed by atoms with Gasteiger partial charge in [0.2, 0.25) is 11.8 Å². The molecule has 0 saturated carbocycles. The van der Waals surface area contributed by atoms with Gasteiger partial charge in [-0.1, -0.05) is 93.1 Å². The van der Waals surface area contributed by atoms with Crippen molar-refractivity contribution in [1.29, 1.82) is 0 Å². The van der Waals surface area contributed by atoms with Gasteiger partial charge in [-0.3, -0.25) is 19.2 Å². The Morgan fingerprint density at radius 2 is 1.74 bits per heavy atom. The quantitative estimate of drug-likeness (QED) is 0.137. The molecule has 3 aromatic carbocycles. The Morgan fingerprint density at radius 3 is 2.41 bits per heavy atom. The number of fused-ring (bicyclic) bond motifs is 2. The summed E-state index contributed by atoms with van der Waals surface area (Å²) >= 11 is 0. The minimum atomic E-state index is -1.31. The lowest BCUT2D eigenvalue weighted by atomic mass is 9.70. The van der Waals surface area contributed by atoms with E-state index in [-0.39, 0.29) is 37.3 Å². The molecular weight excluding hydrogens is 682 g/mol. The third-order valence-corrected chi connectivity index (χ3v) is 12.1. The van der Waals surface area contributed by atoms with Crippen LogP contribution in [0.5, 0.6) is 0 Å². The van der Waals surface area contributed by atoms with Crippen LogP contribution in [0.25, 0.3) is 10.8 Å². The van der Waals surface area contributed by atoms with Gasteiger partial charge in [0.1, 0.15) is 17.7 Å². The Hall–Kier alpha value is -4.80. The van der Waals surface area contributed by atoms with Crippen molar-refractivity contribution in [1.82, 2.24) is 9.80 Å². The highest BCUT2D eigenvalue weighted by Gasteiger charge is 2.76. The van der Waals surface area contributed by atoms with E-state index in [1.165, 1.54) is 4.90 Å². The molecule has 3 saturated heterocycles. The zero-order valence-electron chi connectivity index (χ0n) is 31.8. The molecule has 3 aliphatic rings. The van der Waals surface area contributed by atoms with Gasteiger partial charge < -0.3 is 29.3 Å². The maximum Gasteiger partial charge on any atom is 0.313 e. The van der Waals surface area contributed by atoms with E-state index in [4.69, 9.17) is 9.47 Å². The van der Waals surface area contributed by atoms with Crippen LogP contribution in [0.1, 0.15) is 64.5 Å². The minimum absolute atomic E-state index is 0.111. The lowest BCUT2D eigenvalue weighted by Crippen LogP contribution is -2.60. The number of anilines is 1. The van der Waals surface area contributed by atoms with Crippen molar-refractivity contribution in [2.45, 2.75) is 88.8 Å². The number of amides is 3. The SMILES string of the molecule is C=CCCC(=O)N(C)[C@@H](C)[C@@H](OC(=O)[C@@H]1[C@H]2C(=O)N([C@@H](CO)[C@@H](C)CC)[C@H](C(=O)N(CC=C)c3ccc4ccccc4c3)[C@]23CC[C@H]1O3)c1ccccc1. The average Bonchev–Trinajstić information content (AvgIpc) is 3.85. The van der Waals surface area contributed by atoms with Crippen molar-refractivity contribution < 1.29 is 33.8 Å². The topological polar surface area (TPSA) is 117 Å². The summed E-state index contributed by atoms with van der Waals surface area (Å²) in [6.07, 6.45) is 4.15. The monoisotopic (exact) mass is 735 g/mol. The molecule has 3 heterocycles. The van der Waals surface area contributed by atoms with Crippen LogP contribution in [0, 0.1) is 17.8 Å². The highest BCUT2D eigenvalue weighted by atomic mass is 16.6. The van der Waals surface area contributed by atoms with Crippen LogP contribution < -0.4 is 4.90 Å². The Labute approximate surface area is 318 Å². The van der Waals surface area contributed by atoms with Gasteiger partial charge in [-0.2, -0.15) is 0 Å². The van der Waals surface area contributed by atoms with Crippen molar-refractivity contribution in [2.75, 3.05) is 25.1 Å². The van der Waals surface area contributed by atoms with Gasteiger partial charge in [0.25, 0.3) is 5.91 Å². The number of likely N-dealkylation sites (N-methyl/N-ethyl adjacent to an activating group) is 1. The lowest BCUT2D eigenvalue weighted by Gasteiger charge is -2.41. The average molecular weight is 736 g/mol. The number of aliphatic hydroxyl groups is 1. The van der Waals surface area contributed by atoms with Crippen LogP contribution in [-0.4, -0.2) is 88.6 Å². The standard InChI is InChI=1S/C44H53N3O7/c1-7-10-20-36(49)45(6)29(5)39(31-17-12-11-13-18-31)53-43(52)37-35-23-24-44(54-35)38(37)41(50)47(34(27-48)28(4)9-3)40(44)42(51)46(25-8-2)33-22-21-30-16-14-15-19-32(30)26-33/h7-8,11-19,21-22,26,28-29,34-35,37-40,48H,1-2,9-10,20,23-25,27H2,3-6H3/t28-,29-,34-,35+,37-,38-,39+,40+,44-/m0/s1. The first kappa shape index (κ1) is 38.9. The zero-order valence-corrected chi connectivity index (χ0v) is 31.8. The molecule has 3 aliphatic heterocycles. The molecule has 0 aromatic heterocycles. The summed E-state index contributed by atoms with van der Waals surface area (Å²) in [5.74, 6) is -3.61. The second-order valence-corrected chi connectivity index (χ2v) is 15.0. The van der Waals surface area contributed by atoms with Crippen LogP contribution in [-0.2, 0) is 28.7 Å². The molecule has 286 valence electrons. The number of benzene rings is 3. The molecule has 2 bridgehead atoms. The molecule has 0 aliphatic carbocycles. The fourth-order valence-electron chi connectivity index (χ4n) is 8.88. The summed E-state index contributed by atoms with van der Waals surface area (Å²) in [6, 6.07) is 20.6. The highest BCUT2D eigenvalue weighted by molar-refractivity contribution is 6.05. The molecule has 1 N–H and O–H groups in total. The van der Waals surface area contributed by atoms with Crippen LogP contribution in [0.4, 0.5) is 5.69 Å². The Morgan fingerprint density at radius 1 is 1.04 bits per heavy atom. The normalized spacial score (nSPS) is 25.1. The van der Waals surface area contributed by atoms with Gasteiger partial charge in [-0.25, -0.2) is 0 Å². The number of hydrogen-bond acceptors (Lipinski definition) is 7. The predicted octanol–water partition coefficient (Wildman–Crippen LogP) is 6.24. The number of esters is 1. The molecule has 3 amide bonds. The molecular formula is C44H53N3O7. The largest absolute Gasteiger partial charge is 0.455 e. The smallest absolute Gasteiger partial charge is 0.313 e. The van der Waals surface area contributed by atoms with Gasteiger partial charge in [0, 0.05) is 25.7 Å². The fourth-order valence-corrected chi connectivity index (χ4v) is 8.88. The summed E-state index contributed by atoms with van der Waals surface area (Å²) in [4.78, 5) is 62.6. The van der Waals surface area contributed by atoms with Gasteiger partial charge in [-0.15, -0.1) is 13.2 Å². The number of allylic oxidation sites excluding steroid dienone is 1. The Kier molecular flexibility index (Phi) is 11.7. The number of rotatable bonds is 16. The molecule has 10 heteroatoms. The van der Waals surface area contributed by atoms with Crippen LogP contribution >= 0.6 is 0 Å². The van der Waals surface area contributed by atoms with E-state index >= 15 is 4.79 Å². The predicted molar refractivity (Wildman–Crippen MR) is 208 cm³/mol. The number of hydrogen-bond donors (Lipinski definition) is 1. The number of aliphatic hydroxyl groups excluding tert-OH is 1. The van der Waals surface area contributed by atoms with Crippen molar-refractivity contribution in [3.8, 4) is 0 Å². The van der Waals surface area contributed by atoms with Crippen molar-refractivity contribution in [3.63, 3.8) is 0 Å². The molecule has 0 unspecified atom stereocenters. The Bertz CT molecular complexity index is 1880. The van der Waals surface area contributed by atoms with E-state index in [1.807, 2.05) is 93.6 Å². The Balaban J connectivity index is 1.38. The molecule has 6 rings (SSSR count). The molecule has 1 spiro atoms. The van der Waals surface area contributed by atoms with E-state index in [1.54, 1.807) is 29.0 Å². The van der Waals surface area contributed by atoms with Crippen LogP contribution in [0.15, 0.2) is 98.1 Å². The van der Waals surface area contributed by atoms with Crippen molar-refractivity contribution in [2.24, 2.45) is 17.8 Å². The number of likely N-dealkylation sites (tertiary alicyclic amines) is 1. The van der Waals surface area contributed by atoms with Gasteiger partial charge >= 0.3 is 5.97 Å². The van der Waals surface area contributed by atoms with E-state index in [0.717, 1.165) is 10.8 Å². The summed E-state index contributed by atoms with van der Waals surface area (Å²) in [5, 5.41) is 12.8. The molecule has 10 nitrogen and oxygen atoms in total. The minimum Gasteiger partial charge on any atom is -0.455 e. The van der Waals surface area contributed by atoms with Crippen molar-refractivity contribution in [3.05, 3.63) is 104 Å². The summed E-state index contributed by atoms with van der Waals surface area (Å²) in [6.45, 7) is 13.3. The first-order valence-electron chi connectivity index (χ1n) is 19.2. The molecule has 3 fully saturated rings. The number of carbonyl (C=O) groups excluding carboxylic acids is 4. The van der Waals surface area contributed by atoms with E-state index in [2.05, 4.69) is 13.2 Å². The second-order valence-electron chi connectivity index (χ2n) is 15.0. The number of carbonyl (C=O) groups is 4. The van der Waals surface area contributed by atoms with Gasteiger partial charge in [-0.05, 0) is 60.6 Å². The second kappa shape index (κ2) is 16.3. The van der Waals surface area contributed by atoms with Gasteiger partial charge in [0.05, 0.1) is 36.6 Å².